The summed E-state index contributed by atoms with van der Waals surface area (Å²) in [7, 11) is 1.53. The van der Waals surface area contributed by atoms with Crippen molar-refractivity contribution in [3.05, 3.63) is 28.0 Å². The lowest BCUT2D eigenvalue weighted by Crippen LogP contribution is -2.29. The van der Waals surface area contributed by atoms with Gasteiger partial charge in [0.25, 0.3) is 0 Å². The first-order valence-corrected chi connectivity index (χ1v) is 5.45. The minimum absolute atomic E-state index is 0.295. The lowest BCUT2D eigenvalue weighted by atomic mass is 9.84. The third kappa shape index (κ3) is 2.49. The summed E-state index contributed by atoms with van der Waals surface area (Å²) >= 11 is 3.23. The van der Waals surface area contributed by atoms with Crippen LogP contribution < -0.4 is 10.5 Å². The Hall–Kier alpha value is -0.610. The molecule has 0 fully saturated rings. The highest BCUT2D eigenvalue weighted by molar-refractivity contribution is 9.10. The quantitative estimate of drug-likeness (QED) is 0.921. The first-order valence-electron chi connectivity index (χ1n) is 4.66. The molecule has 4 heteroatoms. The van der Waals surface area contributed by atoms with Gasteiger partial charge in [0.05, 0.1) is 7.11 Å². The first-order chi connectivity index (χ1) is 6.92. The summed E-state index contributed by atoms with van der Waals surface area (Å²) < 4.78 is 19.6. The molecule has 1 aromatic carbocycles. The van der Waals surface area contributed by atoms with Crippen LogP contribution in [0.25, 0.3) is 0 Å². The Morgan fingerprint density at radius 2 is 2.07 bits per heavy atom. The monoisotopic (exact) mass is 275 g/mol. The number of rotatable bonds is 3. The van der Waals surface area contributed by atoms with Crippen LogP contribution in [0.2, 0.25) is 0 Å². The molecule has 0 aliphatic heterocycles. The number of hydrogen-bond acceptors (Lipinski definition) is 2. The van der Waals surface area contributed by atoms with Crippen LogP contribution in [0.1, 0.15) is 19.4 Å². The van der Waals surface area contributed by atoms with Crippen molar-refractivity contribution in [3.63, 3.8) is 0 Å². The van der Waals surface area contributed by atoms with E-state index >= 15 is 0 Å². The van der Waals surface area contributed by atoms with Gasteiger partial charge in [-0.1, -0.05) is 29.8 Å². The smallest absolute Gasteiger partial charge is 0.131 e. The minimum atomic E-state index is -0.434. The SMILES string of the molecule is COc1cc(Br)cc(F)c1C(C)(C)CN. The lowest BCUT2D eigenvalue weighted by Gasteiger charge is -2.25. The van der Waals surface area contributed by atoms with E-state index in [9.17, 15) is 4.39 Å². The highest BCUT2D eigenvalue weighted by Gasteiger charge is 2.27. The zero-order valence-corrected chi connectivity index (χ0v) is 10.7. The molecule has 0 aliphatic carbocycles. The van der Waals surface area contributed by atoms with Crippen LogP contribution in [-0.2, 0) is 5.41 Å². The van der Waals surface area contributed by atoms with Gasteiger partial charge >= 0.3 is 0 Å². The van der Waals surface area contributed by atoms with Crippen molar-refractivity contribution in [1.82, 2.24) is 0 Å². The van der Waals surface area contributed by atoms with Crippen LogP contribution >= 0.6 is 15.9 Å². The molecule has 0 amide bonds. The van der Waals surface area contributed by atoms with Gasteiger partial charge in [0.15, 0.2) is 0 Å². The van der Waals surface area contributed by atoms with Crippen molar-refractivity contribution in [2.45, 2.75) is 19.3 Å². The predicted molar refractivity (Wildman–Crippen MR) is 62.7 cm³/mol. The van der Waals surface area contributed by atoms with E-state index in [0.29, 0.717) is 22.3 Å². The van der Waals surface area contributed by atoms with Crippen molar-refractivity contribution >= 4 is 15.9 Å². The van der Waals surface area contributed by atoms with Gasteiger partial charge in [-0.2, -0.15) is 0 Å². The van der Waals surface area contributed by atoms with E-state index in [4.69, 9.17) is 10.5 Å². The molecule has 2 N–H and O–H groups in total. The molecule has 0 aromatic heterocycles. The summed E-state index contributed by atoms with van der Waals surface area (Å²) in [4.78, 5) is 0. The fourth-order valence-electron chi connectivity index (χ4n) is 1.47. The van der Waals surface area contributed by atoms with E-state index < -0.39 is 5.41 Å². The summed E-state index contributed by atoms with van der Waals surface area (Å²) in [6.07, 6.45) is 0. The molecule has 0 spiro atoms. The Kier molecular flexibility index (Phi) is 3.73. The van der Waals surface area contributed by atoms with Crippen molar-refractivity contribution in [2.24, 2.45) is 5.73 Å². The van der Waals surface area contributed by atoms with Crippen LogP contribution in [0.5, 0.6) is 5.75 Å². The van der Waals surface area contributed by atoms with Crippen molar-refractivity contribution in [2.75, 3.05) is 13.7 Å². The van der Waals surface area contributed by atoms with Gasteiger partial charge in [-0.3, -0.25) is 0 Å². The Morgan fingerprint density at radius 3 is 2.53 bits per heavy atom. The molecule has 0 aliphatic rings. The maximum absolute atomic E-state index is 13.8. The Morgan fingerprint density at radius 1 is 1.47 bits per heavy atom. The van der Waals surface area contributed by atoms with E-state index in [1.807, 2.05) is 13.8 Å². The van der Waals surface area contributed by atoms with Crippen molar-refractivity contribution in [1.29, 1.82) is 0 Å². The van der Waals surface area contributed by atoms with Crippen LogP contribution in [-0.4, -0.2) is 13.7 Å². The molecule has 1 aromatic rings. The summed E-state index contributed by atoms with van der Waals surface area (Å²) in [6.45, 7) is 4.14. The van der Waals surface area contributed by atoms with Gasteiger partial charge in [-0.25, -0.2) is 4.39 Å². The van der Waals surface area contributed by atoms with E-state index in [1.165, 1.54) is 13.2 Å². The fraction of sp³-hybridized carbons (Fsp3) is 0.455. The molecule has 0 saturated carbocycles. The molecule has 0 bridgehead atoms. The van der Waals surface area contributed by atoms with Crippen LogP contribution in [0, 0.1) is 5.82 Å². The number of hydrogen-bond donors (Lipinski definition) is 1. The molecular weight excluding hydrogens is 261 g/mol. The van der Waals surface area contributed by atoms with Gasteiger partial charge in [0.2, 0.25) is 0 Å². The molecule has 2 nitrogen and oxygen atoms in total. The molecule has 84 valence electrons. The number of halogens is 2. The van der Waals surface area contributed by atoms with Crippen molar-refractivity contribution < 1.29 is 9.13 Å². The third-order valence-electron chi connectivity index (χ3n) is 2.43. The van der Waals surface area contributed by atoms with Gasteiger partial charge in [0, 0.05) is 22.0 Å². The normalized spacial score (nSPS) is 11.6. The molecular formula is C11H15BrFNO. The highest BCUT2D eigenvalue weighted by atomic mass is 79.9. The zero-order chi connectivity index (χ0) is 11.6. The zero-order valence-electron chi connectivity index (χ0n) is 9.10. The number of benzene rings is 1. The van der Waals surface area contributed by atoms with Gasteiger partial charge in [-0.15, -0.1) is 0 Å². The number of nitrogens with two attached hydrogens (primary N) is 1. The molecule has 0 saturated heterocycles. The minimum Gasteiger partial charge on any atom is -0.496 e. The van der Waals surface area contributed by atoms with Crippen LogP contribution in [0.4, 0.5) is 4.39 Å². The van der Waals surface area contributed by atoms with E-state index in [2.05, 4.69) is 15.9 Å². The second kappa shape index (κ2) is 4.49. The van der Waals surface area contributed by atoms with E-state index in [1.54, 1.807) is 6.07 Å². The topological polar surface area (TPSA) is 35.2 Å². The third-order valence-corrected chi connectivity index (χ3v) is 2.88. The number of methoxy groups -OCH3 is 1. The fourth-order valence-corrected chi connectivity index (χ4v) is 1.88. The van der Waals surface area contributed by atoms with Crippen molar-refractivity contribution in [3.8, 4) is 5.75 Å². The summed E-state index contributed by atoms with van der Waals surface area (Å²) in [6, 6.07) is 3.17. The lowest BCUT2D eigenvalue weighted by molar-refractivity contribution is 0.382. The molecule has 0 radical (unpaired) electrons. The Bertz CT molecular complexity index is 366. The largest absolute Gasteiger partial charge is 0.496 e. The molecule has 1 rings (SSSR count). The average Bonchev–Trinajstić information content (AvgIpc) is 2.15. The predicted octanol–water partition coefficient (Wildman–Crippen LogP) is 2.83. The van der Waals surface area contributed by atoms with Gasteiger partial charge < -0.3 is 10.5 Å². The maximum atomic E-state index is 13.8. The summed E-state index contributed by atoms with van der Waals surface area (Å²) in [5.74, 6) is 0.231. The molecule has 0 atom stereocenters. The first kappa shape index (κ1) is 12.5. The maximum Gasteiger partial charge on any atom is 0.131 e. The second-order valence-electron chi connectivity index (χ2n) is 4.05. The average molecular weight is 276 g/mol. The Labute approximate surface area is 97.7 Å². The molecule has 15 heavy (non-hydrogen) atoms. The number of ether oxygens (including phenoxy) is 1. The van der Waals surface area contributed by atoms with Gasteiger partial charge in [-0.05, 0) is 12.1 Å². The molecule has 0 unspecified atom stereocenters. The standard InChI is InChI=1S/C11H15BrFNO/c1-11(2,6-14)10-8(13)4-7(12)5-9(10)15-3/h4-5H,6,14H2,1-3H3. The molecule has 0 heterocycles. The van der Waals surface area contributed by atoms with Crippen LogP contribution in [0.15, 0.2) is 16.6 Å². The van der Waals surface area contributed by atoms with Gasteiger partial charge in [0.1, 0.15) is 11.6 Å². The van der Waals surface area contributed by atoms with E-state index in [0.717, 1.165) is 0 Å². The van der Waals surface area contributed by atoms with Crippen LogP contribution in [0.3, 0.4) is 0 Å². The highest BCUT2D eigenvalue weighted by Crippen LogP contribution is 2.35. The summed E-state index contributed by atoms with van der Waals surface area (Å²) in [5, 5.41) is 0. The summed E-state index contributed by atoms with van der Waals surface area (Å²) in [5.41, 5.74) is 5.72. The van der Waals surface area contributed by atoms with E-state index in [-0.39, 0.29) is 5.82 Å². The second-order valence-corrected chi connectivity index (χ2v) is 4.97. The Balaban J connectivity index is 3.39.